The third-order valence-corrected chi connectivity index (χ3v) is 3.61. The van der Waals surface area contributed by atoms with E-state index in [1.54, 1.807) is 17.0 Å². The van der Waals surface area contributed by atoms with Crippen molar-refractivity contribution < 1.29 is 9.59 Å². The first-order valence-electron chi connectivity index (χ1n) is 7.54. The predicted octanol–water partition coefficient (Wildman–Crippen LogP) is 1.96. The van der Waals surface area contributed by atoms with Crippen LogP contribution in [0.15, 0.2) is 24.3 Å². The topological polar surface area (TPSA) is 61.4 Å². The zero-order valence-corrected chi connectivity index (χ0v) is 13.9. The summed E-state index contributed by atoms with van der Waals surface area (Å²) in [4.78, 5) is 25.7. The van der Waals surface area contributed by atoms with Crippen LogP contribution in [0.1, 0.15) is 37.0 Å². The summed E-state index contributed by atoms with van der Waals surface area (Å²) < 4.78 is 0. The molecule has 1 aliphatic heterocycles. The Balaban J connectivity index is 0.00000242. The summed E-state index contributed by atoms with van der Waals surface area (Å²) in [6, 6.07) is 7.50. The Morgan fingerprint density at radius 2 is 2.18 bits per heavy atom. The van der Waals surface area contributed by atoms with Crippen LogP contribution in [0.3, 0.4) is 0 Å². The number of nitrogens with one attached hydrogen (secondary N) is 2. The molecule has 0 bridgehead atoms. The van der Waals surface area contributed by atoms with Gasteiger partial charge in [0, 0.05) is 36.8 Å². The number of halogens is 1. The quantitative estimate of drug-likeness (QED) is 0.840. The van der Waals surface area contributed by atoms with Crippen LogP contribution in [0, 0.1) is 0 Å². The summed E-state index contributed by atoms with van der Waals surface area (Å²) in [6.45, 7) is 6.27. The molecule has 0 radical (unpaired) electrons. The molecule has 2 N–H and O–H groups in total. The third kappa shape index (κ3) is 4.71. The largest absolute Gasteiger partial charge is 0.350 e. The molecule has 22 heavy (non-hydrogen) atoms. The summed E-state index contributed by atoms with van der Waals surface area (Å²) in [5, 5.41) is 6.15. The number of carbonyl (C=O) groups is 2. The van der Waals surface area contributed by atoms with Crippen LogP contribution in [0.2, 0.25) is 0 Å². The van der Waals surface area contributed by atoms with E-state index >= 15 is 0 Å². The van der Waals surface area contributed by atoms with Gasteiger partial charge in [-0.05, 0) is 38.1 Å². The zero-order chi connectivity index (χ0) is 15.2. The van der Waals surface area contributed by atoms with Gasteiger partial charge in [0.15, 0.2) is 0 Å². The summed E-state index contributed by atoms with van der Waals surface area (Å²) in [5.41, 5.74) is 1.40. The van der Waals surface area contributed by atoms with Gasteiger partial charge in [0.05, 0.1) is 0 Å². The average molecular weight is 326 g/mol. The van der Waals surface area contributed by atoms with Gasteiger partial charge in [-0.25, -0.2) is 0 Å². The standard InChI is InChI=1S/C16H23N3O2.ClH/c1-3-17-12(2)11-18-16(21)13-6-4-7-14(10-13)19-9-5-8-15(19)20;/h4,6-7,10,12,17H,3,5,8-9,11H2,1-2H3,(H,18,21);1H/t12-;/m1./s1. The number of likely N-dealkylation sites (N-methyl/N-ethyl adjacent to an activating group) is 1. The molecule has 1 fully saturated rings. The van der Waals surface area contributed by atoms with Crippen molar-refractivity contribution in [2.75, 3.05) is 24.5 Å². The number of rotatable bonds is 6. The summed E-state index contributed by atoms with van der Waals surface area (Å²) >= 11 is 0. The van der Waals surface area contributed by atoms with E-state index in [-0.39, 0.29) is 30.3 Å². The average Bonchev–Trinajstić information content (AvgIpc) is 2.91. The second-order valence-corrected chi connectivity index (χ2v) is 5.37. The molecule has 2 rings (SSSR count). The maximum Gasteiger partial charge on any atom is 0.251 e. The van der Waals surface area contributed by atoms with Crippen molar-refractivity contribution in [3.63, 3.8) is 0 Å². The fourth-order valence-corrected chi connectivity index (χ4v) is 2.50. The molecular weight excluding hydrogens is 302 g/mol. The smallest absolute Gasteiger partial charge is 0.251 e. The predicted molar refractivity (Wildman–Crippen MR) is 90.7 cm³/mol. The number of hydrogen-bond donors (Lipinski definition) is 2. The Labute approximate surface area is 137 Å². The van der Waals surface area contributed by atoms with Crippen molar-refractivity contribution in [2.45, 2.75) is 32.7 Å². The van der Waals surface area contributed by atoms with Gasteiger partial charge in [-0.3, -0.25) is 9.59 Å². The van der Waals surface area contributed by atoms with Gasteiger partial charge in [0.2, 0.25) is 5.91 Å². The van der Waals surface area contributed by atoms with E-state index in [0.29, 0.717) is 18.5 Å². The Kier molecular flexibility index (Phi) is 7.35. The normalized spacial score (nSPS) is 15.4. The molecule has 1 aromatic rings. The summed E-state index contributed by atoms with van der Waals surface area (Å²) in [5.74, 6) is 0.0292. The van der Waals surface area contributed by atoms with Gasteiger partial charge in [-0.1, -0.05) is 13.0 Å². The molecule has 0 aromatic heterocycles. The highest BCUT2D eigenvalue weighted by Gasteiger charge is 2.22. The molecule has 6 heteroatoms. The second kappa shape index (κ2) is 8.76. The minimum Gasteiger partial charge on any atom is -0.350 e. The van der Waals surface area contributed by atoms with Crippen LogP contribution < -0.4 is 15.5 Å². The first-order valence-corrected chi connectivity index (χ1v) is 7.54. The highest BCUT2D eigenvalue weighted by atomic mass is 35.5. The highest BCUT2D eigenvalue weighted by Crippen LogP contribution is 2.22. The molecule has 0 unspecified atom stereocenters. The van der Waals surface area contributed by atoms with Gasteiger partial charge in [-0.2, -0.15) is 0 Å². The van der Waals surface area contributed by atoms with Crippen LogP contribution in [0.4, 0.5) is 5.69 Å². The maximum absolute atomic E-state index is 12.2. The van der Waals surface area contributed by atoms with Gasteiger partial charge in [-0.15, -0.1) is 12.4 Å². The van der Waals surface area contributed by atoms with Crippen LogP contribution in [0.5, 0.6) is 0 Å². The summed E-state index contributed by atoms with van der Waals surface area (Å²) in [6.07, 6.45) is 1.48. The lowest BCUT2D eigenvalue weighted by molar-refractivity contribution is -0.117. The van der Waals surface area contributed by atoms with Gasteiger partial charge < -0.3 is 15.5 Å². The molecule has 0 saturated carbocycles. The number of anilines is 1. The van der Waals surface area contributed by atoms with E-state index in [4.69, 9.17) is 0 Å². The lowest BCUT2D eigenvalue weighted by atomic mass is 10.1. The number of amides is 2. The number of nitrogens with zero attached hydrogens (tertiary/aromatic N) is 1. The SMILES string of the molecule is CCN[C@H](C)CNC(=O)c1cccc(N2CCCC2=O)c1.Cl. The van der Waals surface area contributed by atoms with Crippen molar-refractivity contribution in [3.05, 3.63) is 29.8 Å². The van der Waals surface area contributed by atoms with Crippen molar-refractivity contribution >= 4 is 29.9 Å². The number of carbonyl (C=O) groups excluding carboxylic acids is 2. The Bertz CT molecular complexity index is 522. The van der Waals surface area contributed by atoms with Crippen molar-refractivity contribution in [1.82, 2.24) is 10.6 Å². The molecule has 122 valence electrons. The molecule has 1 aromatic carbocycles. The Morgan fingerprint density at radius 3 is 2.82 bits per heavy atom. The molecule has 1 heterocycles. The first-order chi connectivity index (χ1) is 10.1. The zero-order valence-electron chi connectivity index (χ0n) is 13.1. The Morgan fingerprint density at radius 1 is 1.41 bits per heavy atom. The minimum absolute atomic E-state index is 0. The fraction of sp³-hybridized carbons (Fsp3) is 0.500. The number of benzene rings is 1. The van der Waals surface area contributed by atoms with E-state index < -0.39 is 0 Å². The van der Waals surface area contributed by atoms with E-state index in [1.165, 1.54) is 0 Å². The van der Waals surface area contributed by atoms with E-state index in [0.717, 1.165) is 25.2 Å². The Hall–Kier alpha value is -1.59. The fourth-order valence-electron chi connectivity index (χ4n) is 2.50. The molecular formula is C16H24ClN3O2. The lowest BCUT2D eigenvalue weighted by Gasteiger charge is -2.17. The van der Waals surface area contributed by atoms with Crippen LogP contribution in [0.25, 0.3) is 0 Å². The van der Waals surface area contributed by atoms with Crippen LogP contribution >= 0.6 is 12.4 Å². The van der Waals surface area contributed by atoms with Gasteiger partial charge >= 0.3 is 0 Å². The number of hydrogen-bond acceptors (Lipinski definition) is 3. The molecule has 5 nitrogen and oxygen atoms in total. The first kappa shape index (κ1) is 18.5. The molecule has 1 saturated heterocycles. The summed E-state index contributed by atoms with van der Waals surface area (Å²) in [7, 11) is 0. The molecule has 0 aliphatic carbocycles. The maximum atomic E-state index is 12.2. The van der Waals surface area contributed by atoms with Gasteiger partial charge in [0.25, 0.3) is 5.91 Å². The third-order valence-electron chi connectivity index (χ3n) is 3.61. The second-order valence-electron chi connectivity index (χ2n) is 5.37. The van der Waals surface area contributed by atoms with E-state index in [1.807, 2.05) is 26.0 Å². The van der Waals surface area contributed by atoms with Crippen molar-refractivity contribution in [1.29, 1.82) is 0 Å². The molecule has 0 spiro atoms. The van der Waals surface area contributed by atoms with Crippen LogP contribution in [-0.2, 0) is 4.79 Å². The van der Waals surface area contributed by atoms with Crippen LogP contribution in [-0.4, -0.2) is 37.5 Å². The highest BCUT2D eigenvalue weighted by molar-refractivity contribution is 5.99. The lowest BCUT2D eigenvalue weighted by Crippen LogP contribution is -2.38. The molecule has 1 aliphatic rings. The molecule has 1 atom stereocenters. The monoisotopic (exact) mass is 325 g/mol. The molecule has 2 amide bonds. The van der Waals surface area contributed by atoms with Crippen molar-refractivity contribution in [3.8, 4) is 0 Å². The van der Waals surface area contributed by atoms with E-state index in [9.17, 15) is 9.59 Å². The minimum atomic E-state index is -0.103. The van der Waals surface area contributed by atoms with E-state index in [2.05, 4.69) is 10.6 Å². The van der Waals surface area contributed by atoms with Crippen molar-refractivity contribution in [2.24, 2.45) is 0 Å². The van der Waals surface area contributed by atoms with Gasteiger partial charge in [0.1, 0.15) is 0 Å².